The van der Waals surface area contributed by atoms with Crippen molar-refractivity contribution in [3.8, 4) is 0 Å². The summed E-state index contributed by atoms with van der Waals surface area (Å²) in [7, 11) is 0. The van der Waals surface area contributed by atoms with Gasteiger partial charge in [0.1, 0.15) is 18.3 Å². The molecule has 0 amide bonds. The molecule has 4 heteroatoms. The number of ether oxygens (including phenoxy) is 1. The second kappa shape index (κ2) is 4.35. The van der Waals surface area contributed by atoms with Crippen LogP contribution in [0.5, 0.6) is 0 Å². The molecule has 2 heterocycles. The first-order valence-corrected chi connectivity index (χ1v) is 6.31. The molecule has 0 aliphatic carbocycles. The predicted molar refractivity (Wildman–Crippen MR) is 64.7 cm³/mol. The fourth-order valence-electron chi connectivity index (χ4n) is 2.88. The lowest BCUT2D eigenvalue weighted by Crippen LogP contribution is -2.61. The largest absolute Gasteiger partial charge is 0.459 e. The molecule has 3 nitrogen and oxygen atoms in total. The minimum Gasteiger partial charge on any atom is -0.459 e. The second-order valence-corrected chi connectivity index (χ2v) is 5.09. The number of nitrogens with zero attached hydrogens (tertiary/aromatic N) is 1. The van der Waals surface area contributed by atoms with E-state index in [1.54, 1.807) is 0 Å². The van der Waals surface area contributed by atoms with E-state index in [2.05, 4.69) is 0 Å². The molecule has 0 aromatic heterocycles. The Hall–Kier alpha value is -1.42. The van der Waals surface area contributed by atoms with E-state index in [-0.39, 0.29) is 12.6 Å². The first-order valence-electron chi connectivity index (χ1n) is 6.31. The molecule has 0 N–H and O–H groups in total. The summed E-state index contributed by atoms with van der Waals surface area (Å²) < 4.78 is 18.7. The van der Waals surface area contributed by atoms with E-state index in [1.165, 1.54) is 0 Å². The SMILES string of the molecule is O=C(OCc1ccccc1)[C@@]12CCN1C[C@@H](F)C2. The van der Waals surface area contributed by atoms with E-state index in [9.17, 15) is 9.18 Å². The molecule has 0 bridgehead atoms. The number of benzene rings is 1. The van der Waals surface area contributed by atoms with Gasteiger partial charge in [-0.15, -0.1) is 0 Å². The number of halogens is 1. The Morgan fingerprint density at radius 3 is 2.83 bits per heavy atom. The first-order chi connectivity index (χ1) is 8.71. The Balaban J connectivity index is 1.62. The monoisotopic (exact) mass is 249 g/mol. The Morgan fingerprint density at radius 2 is 2.22 bits per heavy atom. The van der Waals surface area contributed by atoms with Crippen molar-refractivity contribution >= 4 is 5.97 Å². The second-order valence-electron chi connectivity index (χ2n) is 5.09. The minimum absolute atomic E-state index is 0.266. The minimum atomic E-state index is -0.892. The number of fused-ring (bicyclic) bond motifs is 1. The average Bonchev–Trinajstić information content (AvgIpc) is 2.61. The summed E-state index contributed by atoms with van der Waals surface area (Å²) in [6.07, 6.45) is 0.124. The van der Waals surface area contributed by atoms with Crippen molar-refractivity contribution in [2.75, 3.05) is 13.1 Å². The van der Waals surface area contributed by atoms with Crippen LogP contribution in [0, 0.1) is 0 Å². The maximum atomic E-state index is 13.4. The van der Waals surface area contributed by atoms with Gasteiger partial charge in [-0.2, -0.15) is 0 Å². The van der Waals surface area contributed by atoms with Crippen molar-refractivity contribution in [2.24, 2.45) is 0 Å². The van der Waals surface area contributed by atoms with Crippen molar-refractivity contribution in [1.82, 2.24) is 4.90 Å². The fraction of sp³-hybridized carbons (Fsp3) is 0.500. The highest BCUT2D eigenvalue weighted by molar-refractivity contribution is 5.82. The summed E-state index contributed by atoms with van der Waals surface area (Å²) in [4.78, 5) is 14.0. The molecule has 0 saturated carbocycles. The quantitative estimate of drug-likeness (QED) is 0.766. The number of alkyl halides is 1. The smallest absolute Gasteiger partial charge is 0.327 e. The maximum Gasteiger partial charge on any atom is 0.327 e. The molecule has 2 atom stereocenters. The van der Waals surface area contributed by atoms with Gasteiger partial charge in [-0.1, -0.05) is 30.3 Å². The molecule has 1 aromatic carbocycles. The molecule has 2 aliphatic rings. The van der Waals surface area contributed by atoms with Crippen LogP contribution in [0.15, 0.2) is 30.3 Å². The lowest BCUT2D eigenvalue weighted by atomic mass is 9.85. The Kier molecular flexibility index (Phi) is 2.82. The summed E-state index contributed by atoms with van der Waals surface area (Å²) in [5.41, 5.74) is 0.303. The normalized spacial score (nSPS) is 30.6. The van der Waals surface area contributed by atoms with E-state index in [0.29, 0.717) is 13.0 Å². The molecule has 96 valence electrons. The van der Waals surface area contributed by atoms with Crippen molar-refractivity contribution < 1.29 is 13.9 Å². The number of carbonyl (C=O) groups is 1. The predicted octanol–water partition coefficient (Wildman–Crippen LogP) is 1.92. The Labute approximate surface area is 106 Å². The van der Waals surface area contributed by atoms with Crippen LogP contribution in [0.2, 0.25) is 0 Å². The molecule has 18 heavy (non-hydrogen) atoms. The molecule has 2 aliphatic heterocycles. The molecule has 0 unspecified atom stereocenters. The van der Waals surface area contributed by atoms with Gasteiger partial charge < -0.3 is 4.74 Å². The van der Waals surface area contributed by atoms with Crippen LogP contribution in [-0.4, -0.2) is 35.7 Å². The zero-order valence-corrected chi connectivity index (χ0v) is 10.1. The zero-order chi connectivity index (χ0) is 12.6. The molecule has 0 spiro atoms. The summed E-state index contributed by atoms with van der Waals surface area (Å²) in [6, 6.07) is 9.56. The van der Waals surface area contributed by atoms with E-state index < -0.39 is 11.7 Å². The molecular formula is C14H16FNO2. The Bertz CT molecular complexity index is 450. The van der Waals surface area contributed by atoms with Gasteiger partial charge in [0.2, 0.25) is 0 Å². The molecule has 3 rings (SSSR count). The van der Waals surface area contributed by atoms with Crippen LogP contribution in [0.3, 0.4) is 0 Å². The maximum absolute atomic E-state index is 13.4. The van der Waals surface area contributed by atoms with E-state index in [0.717, 1.165) is 18.5 Å². The van der Waals surface area contributed by atoms with Crippen LogP contribution in [0.1, 0.15) is 18.4 Å². The van der Waals surface area contributed by atoms with Crippen molar-refractivity contribution in [2.45, 2.75) is 31.2 Å². The van der Waals surface area contributed by atoms with Gasteiger partial charge in [0, 0.05) is 19.5 Å². The fourth-order valence-corrected chi connectivity index (χ4v) is 2.88. The van der Waals surface area contributed by atoms with Crippen LogP contribution < -0.4 is 0 Å². The third-order valence-electron chi connectivity index (χ3n) is 3.97. The standard InChI is InChI=1S/C14H16FNO2/c15-12-8-14(6-7-16(14)9-12)13(17)18-10-11-4-2-1-3-5-11/h1-5,12H,6-10H2/t12-,14-/m0/s1. The van der Waals surface area contributed by atoms with Crippen LogP contribution in [0.4, 0.5) is 4.39 Å². The molecular weight excluding hydrogens is 233 g/mol. The number of hydrogen-bond acceptors (Lipinski definition) is 3. The molecule has 1 aromatic rings. The topological polar surface area (TPSA) is 29.5 Å². The third kappa shape index (κ3) is 1.81. The van der Waals surface area contributed by atoms with Crippen molar-refractivity contribution in [1.29, 1.82) is 0 Å². The highest BCUT2D eigenvalue weighted by Crippen LogP contribution is 2.42. The molecule has 2 saturated heterocycles. The van der Waals surface area contributed by atoms with Gasteiger partial charge in [0.25, 0.3) is 0 Å². The van der Waals surface area contributed by atoms with Gasteiger partial charge >= 0.3 is 5.97 Å². The first kappa shape index (κ1) is 11.7. The summed E-state index contributed by atoms with van der Waals surface area (Å²) >= 11 is 0. The molecule has 2 fully saturated rings. The van der Waals surface area contributed by atoms with E-state index in [1.807, 2.05) is 35.2 Å². The highest BCUT2D eigenvalue weighted by Gasteiger charge is 2.58. The zero-order valence-electron chi connectivity index (χ0n) is 10.1. The van der Waals surface area contributed by atoms with Crippen LogP contribution in [-0.2, 0) is 16.1 Å². The lowest BCUT2D eigenvalue weighted by molar-refractivity contribution is -0.166. The van der Waals surface area contributed by atoms with Gasteiger partial charge in [0.05, 0.1) is 0 Å². The van der Waals surface area contributed by atoms with Crippen LogP contribution in [0.25, 0.3) is 0 Å². The van der Waals surface area contributed by atoms with Gasteiger partial charge in [-0.05, 0) is 12.0 Å². The summed E-state index contributed by atoms with van der Waals surface area (Å²) in [6.45, 7) is 1.45. The van der Waals surface area contributed by atoms with E-state index >= 15 is 0 Å². The van der Waals surface area contributed by atoms with E-state index in [4.69, 9.17) is 4.74 Å². The molecule has 0 radical (unpaired) electrons. The number of esters is 1. The number of rotatable bonds is 3. The average molecular weight is 249 g/mol. The van der Waals surface area contributed by atoms with Gasteiger partial charge in [0.15, 0.2) is 0 Å². The van der Waals surface area contributed by atoms with Crippen LogP contribution >= 0.6 is 0 Å². The highest BCUT2D eigenvalue weighted by atomic mass is 19.1. The lowest BCUT2D eigenvalue weighted by Gasteiger charge is -2.45. The van der Waals surface area contributed by atoms with Gasteiger partial charge in [-0.3, -0.25) is 9.69 Å². The van der Waals surface area contributed by atoms with Crippen molar-refractivity contribution in [3.05, 3.63) is 35.9 Å². The Morgan fingerprint density at radius 1 is 1.44 bits per heavy atom. The summed E-state index contributed by atoms with van der Waals surface area (Å²) in [5, 5.41) is 0. The third-order valence-corrected chi connectivity index (χ3v) is 3.97. The number of carbonyl (C=O) groups excluding carboxylic acids is 1. The number of hydrogen-bond donors (Lipinski definition) is 0. The summed E-state index contributed by atoms with van der Waals surface area (Å²) in [5.74, 6) is -0.266. The van der Waals surface area contributed by atoms with Crippen molar-refractivity contribution in [3.63, 3.8) is 0 Å². The van der Waals surface area contributed by atoms with Gasteiger partial charge in [-0.25, -0.2) is 4.39 Å².